The Hall–Kier alpha value is -0.780. The van der Waals surface area contributed by atoms with Crippen molar-refractivity contribution in [2.45, 2.75) is 32.7 Å². The van der Waals surface area contributed by atoms with Crippen molar-refractivity contribution in [1.29, 1.82) is 0 Å². The monoisotopic (exact) mass is 193 g/mol. The summed E-state index contributed by atoms with van der Waals surface area (Å²) in [7, 11) is 0. The smallest absolute Gasteiger partial charge is 0.0312 e. The second kappa shape index (κ2) is 5.06. The summed E-state index contributed by atoms with van der Waals surface area (Å²) in [5.41, 5.74) is 7.24. The van der Waals surface area contributed by atoms with Crippen molar-refractivity contribution in [2.24, 2.45) is 5.73 Å². The summed E-state index contributed by atoms with van der Waals surface area (Å²) in [5.74, 6) is 5.91. The molecular formula is C11H15NS. The highest BCUT2D eigenvalue weighted by Crippen LogP contribution is 2.21. The molecule has 0 bridgehead atoms. The van der Waals surface area contributed by atoms with Gasteiger partial charge in [0.15, 0.2) is 0 Å². The zero-order valence-electron chi connectivity index (χ0n) is 8.13. The van der Waals surface area contributed by atoms with Gasteiger partial charge in [-0.25, -0.2) is 0 Å². The lowest BCUT2D eigenvalue weighted by Crippen LogP contribution is -2.08. The first-order valence-electron chi connectivity index (χ1n) is 4.44. The minimum Gasteiger partial charge on any atom is -0.324 e. The van der Waals surface area contributed by atoms with Crippen LogP contribution in [-0.4, -0.2) is 0 Å². The summed E-state index contributed by atoms with van der Waals surface area (Å²) >= 11 is 1.76. The number of rotatable bonds is 3. The number of hydrogen-bond donors (Lipinski definition) is 1. The molecule has 0 aliphatic rings. The van der Waals surface area contributed by atoms with E-state index in [2.05, 4.69) is 30.2 Å². The molecule has 0 saturated heterocycles. The zero-order chi connectivity index (χ0) is 9.68. The maximum absolute atomic E-state index is 5.99. The third-order valence-corrected chi connectivity index (χ3v) is 2.82. The van der Waals surface area contributed by atoms with Gasteiger partial charge in [-0.3, -0.25) is 0 Å². The van der Waals surface area contributed by atoms with Crippen LogP contribution in [0.4, 0.5) is 0 Å². The first-order chi connectivity index (χ1) is 6.24. The Bertz CT molecular complexity index is 316. The standard InChI is InChI=1S/C11H15NS/c1-3-4-5-6-11(12)10-7-9(2)13-8-10/h7-8,11H,5-6,12H2,1-2H3. The van der Waals surface area contributed by atoms with Crippen molar-refractivity contribution >= 4 is 11.3 Å². The molecule has 0 radical (unpaired) electrons. The summed E-state index contributed by atoms with van der Waals surface area (Å²) < 4.78 is 0. The molecule has 1 atom stereocenters. The molecule has 1 aromatic rings. The second-order valence-electron chi connectivity index (χ2n) is 3.06. The first-order valence-corrected chi connectivity index (χ1v) is 5.32. The van der Waals surface area contributed by atoms with Gasteiger partial charge in [-0.1, -0.05) is 0 Å². The van der Waals surface area contributed by atoms with E-state index in [0.717, 1.165) is 12.8 Å². The number of nitrogens with two attached hydrogens (primary N) is 1. The molecule has 0 amide bonds. The predicted molar refractivity (Wildman–Crippen MR) is 58.7 cm³/mol. The van der Waals surface area contributed by atoms with Crippen LogP contribution in [0.15, 0.2) is 11.4 Å². The van der Waals surface area contributed by atoms with Crippen molar-refractivity contribution in [3.63, 3.8) is 0 Å². The van der Waals surface area contributed by atoms with Gasteiger partial charge in [0, 0.05) is 17.3 Å². The molecule has 1 aromatic heterocycles. The Labute approximate surface area is 84.0 Å². The lowest BCUT2D eigenvalue weighted by atomic mass is 10.1. The van der Waals surface area contributed by atoms with Gasteiger partial charge in [0.2, 0.25) is 0 Å². The van der Waals surface area contributed by atoms with Crippen LogP contribution in [0.3, 0.4) is 0 Å². The molecule has 0 aliphatic carbocycles. The Morgan fingerprint density at radius 2 is 2.38 bits per heavy atom. The average Bonchev–Trinajstić information content (AvgIpc) is 2.52. The molecule has 1 nitrogen and oxygen atoms in total. The molecule has 0 saturated carbocycles. The van der Waals surface area contributed by atoms with E-state index in [1.165, 1.54) is 10.4 Å². The molecule has 13 heavy (non-hydrogen) atoms. The molecule has 0 aliphatic heterocycles. The van der Waals surface area contributed by atoms with Crippen LogP contribution in [0.2, 0.25) is 0 Å². The Balaban J connectivity index is 2.47. The van der Waals surface area contributed by atoms with Gasteiger partial charge in [-0.05, 0) is 37.3 Å². The van der Waals surface area contributed by atoms with Crippen LogP contribution >= 0.6 is 11.3 Å². The summed E-state index contributed by atoms with van der Waals surface area (Å²) in [5, 5.41) is 2.14. The normalized spacial score (nSPS) is 11.9. The highest BCUT2D eigenvalue weighted by Gasteiger charge is 2.05. The van der Waals surface area contributed by atoms with Crippen molar-refractivity contribution in [3.05, 3.63) is 21.9 Å². The molecule has 2 N–H and O–H groups in total. The van der Waals surface area contributed by atoms with E-state index in [0.29, 0.717) is 0 Å². The highest BCUT2D eigenvalue weighted by molar-refractivity contribution is 7.10. The first kappa shape index (κ1) is 10.3. The molecule has 1 heterocycles. The van der Waals surface area contributed by atoms with E-state index in [1.807, 2.05) is 6.92 Å². The summed E-state index contributed by atoms with van der Waals surface area (Å²) in [6.45, 7) is 3.97. The van der Waals surface area contributed by atoms with Gasteiger partial charge in [-0.2, -0.15) is 0 Å². The van der Waals surface area contributed by atoms with Crippen LogP contribution in [-0.2, 0) is 0 Å². The minimum absolute atomic E-state index is 0.158. The van der Waals surface area contributed by atoms with Gasteiger partial charge >= 0.3 is 0 Å². The third-order valence-electron chi connectivity index (χ3n) is 1.94. The maximum atomic E-state index is 5.99. The topological polar surface area (TPSA) is 26.0 Å². The Kier molecular flexibility index (Phi) is 4.01. The Morgan fingerprint density at radius 1 is 1.62 bits per heavy atom. The fraction of sp³-hybridized carbons (Fsp3) is 0.455. The van der Waals surface area contributed by atoms with Crippen LogP contribution < -0.4 is 5.73 Å². The predicted octanol–water partition coefficient (Wildman–Crippen LogP) is 2.86. The number of aryl methyl sites for hydroxylation is 1. The summed E-state index contributed by atoms with van der Waals surface area (Å²) in [4.78, 5) is 1.33. The van der Waals surface area contributed by atoms with Crippen molar-refractivity contribution < 1.29 is 0 Å². The van der Waals surface area contributed by atoms with Crippen molar-refractivity contribution in [2.75, 3.05) is 0 Å². The largest absolute Gasteiger partial charge is 0.324 e. The van der Waals surface area contributed by atoms with E-state index in [1.54, 1.807) is 11.3 Å². The molecule has 1 rings (SSSR count). The highest BCUT2D eigenvalue weighted by atomic mass is 32.1. The van der Waals surface area contributed by atoms with Crippen LogP contribution in [0, 0.1) is 18.8 Å². The van der Waals surface area contributed by atoms with Gasteiger partial charge in [0.1, 0.15) is 0 Å². The molecule has 0 spiro atoms. The van der Waals surface area contributed by atoms with E-state index < -0.39 is 0 Å². The van der Waals surface area contributed by atoms with Crippen molar-refractivity contribution in [3.8, 4) is 11.8 Å². The average molecular weight is 193 g/mol. The SMILES string of the molecule is CC#CCCC(N)c1csc(C)c1. The van der Waals surface area contributed by atoms with Crippen LogP contribution in [0.25, 0.3) is 0 Å². The molecule has 2 heteroatoms. The number of hydrogen-bond acceptors (Lipinski definition) is 2. The molecule has 0 fully saturated rings. The van der Waals surface area contributed by atoms with E-state index in [4.69, 9.17) is 5.73 Å². The fourth-order valence-electron chi connectivity index (χ4n) is 1.18. The van der Waals surface area contributed by atoms with E-state index >= 15 is 0 Å². The molecule has 1 unspecified atom stereocenters. The molecule has 70 valence electrons. The van der Waals surface area contributed by atoms with Gasteiger partial charge in [-0.15, -0.1) is 23.2 Å². The third kappa shape index (κ3) is 3.22. The lowest BCUT2D eigenvalue weighted by Gasteiger charge is -2.06. The van der Waals surface area contributed by atoms with Crippen molar-refractivity contribution in [1.82, 2.24) is 0 Å². The molecule has 0 aromatic carbocycles. The van der Waals surface area contributed by atoms with Gasteiger partial charge in [0.25, 0.3) is 0 Å². The van der Waals surface area contributed by atoms with E-state index in [9.17, 15) is 0 Å². The Morgan fingerprint density at radius 3 is 2.92 bits per heavy atom. The fourth-order valence-corrected chi connectivity index (χ4v) is 1.95. The summed E-state index contributed by atoms with van der Waals surface area (Å²) in [6, 6.07) is 2.32. The lowest BCUT2D eigenvalue weighted by molar-refractivity contribution is 0.670. The van der Waals surface area contributed by atoms with E-state index in [-0.39, 0.29) is 6.04 Å². The zero-order valence-corrected chi connectivity index (χ0v) is 8.95. The maximum Gasteiger partial charge on any atom is 0.0312 e. The van der Waals surface area contributed by atoms with Gasteiger partial charge < -0.3 is 5.73 Å². The summed E-state index contributed by atoms with van der Waals surface area (Å²) in [6.07, 6.45) is 1.85. The van der Waals surface area contributed by atoms with Crippen LogP contribution in [0.5, 0.6) is 0 Å². The van der Waals surface area contributed by atoms with Crippen LogP contribution in [0.1, 0.15) is 36.2 Å². The molecular weight excluding hydrogens is 178 g/mol. The second-order valence-corrected chi connectivity index (χ2v) is 4.18. The van der Waals surface area contributed by atoms with Gasteiger partial charge in [0.05, 0.1) is 0 Å². The number of thiophene rings is 1. The quantitative estimate of drug-likeness (QED) is 0.734. The minimum atomic E-state index is 0.158.